The van der Waals surface area contributed by atoms with Gasteiger partial charge in [-0.15, -0.1) is 11.3 Å². The Labute approximate surface area is 111 Å². The normalized spacial score (nSPS) is 11.1. The second-order valence-corrected chi connectivity index (χ2v) is 5.56. The number of aryl methyl sites for hydroxylation is 1. The lowest BCUT2D eigenvalue weighted by atomic mass is 10.2. The third kappa shape index (κ3) is 2.57. The number of hydrogen-bond acceptors (Lipinski definition) is 5. The summed E-state index contributed by atoms with van der Waals surface area (Å²) in [6.45, 7) is 5.74. The minimum Gasteiger partial charge on any atom is -0.397 e. The van der Waals surface area contributed by atoms with E-state index in [4.69, 9.17) is 10.8 Å². The van der Waals surface area contributed by atoms with Gasteiger partial charge < -0.3 is 15.7 Å². The number of aromatic nitrogens is 1. The Kier molecular flexibility index (Phi) is 4.04. The van der Waals surface area contributed by atoms with Gasteiger partial charge in [-0.3, -0.25) is 0 Å². The van der Waals surface area contributed by atoms with E-state index in [0.717, 1.165) is 39.6 Å². The van der Waals surface area contributed by atoms with E-state index in [-0.39, 0.29) is 6.61 Å². The van der Waals surface area contributed by atoms with Crippen LogP contribution in [0.1, 0.15) is 18.4 Å². The van der Waals surface area contributed by atoms with Crippen molar-refractivity contribution in [2.45, 2.75) is 20.3 Å². The standard InChI is InChI=1S/C13H19N3OS/c1-3-4-16(5-6-17)12-8-11-13(7-10(12)14)18-9(2)15-11/h7-8,17H,3-6,14H2,1-2H3. The van der Waals surface area contributed by atoms with Gasteiger partial charge in [0, 0.05) is 13.1 Å². The number of benzene rings is 1. The highest BCUT2D eigenvalue weighted by Gasteiger charge is 2.12. The number of aliphatic hydroxyl groups excluding tert-OH is 1. The molecule has 1 heterocycles. The molecular formula is C13H19N3OS. The van der Waals surface area contributed by atoms with Crippen LogP contribution < -0.4 is 10.6 Å². The number of aliphatic hydroxyl groups is 1. The number of hydrogen-bond donors (Lipinski definition) is 2. The molecule has 0 amide bonds. The molecule has 0 saturated heterocycles. The van der Waals surface area contributed by atoms with Gasteiger partial charge in [0.15, 0.2) is 0 Å². The Morgan fingerprint density at radius 1 is 1.39 bits per heavy atom. The van der Waals surface area contributed by atoms with E-state index in [1.807, 2.05) is 19.1 Å². The van der Waals surface area contributed by atoms with Crippen molar-refractivity contribution in [1.82, 2.24) is 4.98 Å². The molecule has 0 saturated carbocycles. The molecule has 0 unspecified atom stereocenters. The number of nitrogens with zero attached hydrogens (tertiary/aromatic N) is 2. The molecule has 1 aromatic carbocycles. The summed E-state index contributed by atoms with van der Waals surface area (Å²) in [4.78, 5) is 6.61. The van der Waals surface area contributed by atoms with Crippen molar-refractivity contribution in [2.24, 2.45) is 0 Å². The summed E-state index contributed by atoms with van der Waals surface area (Å²) in [6.07, 6.45) is 1.02. The Morgan fingerprint density at radius 2 is 2.17 bits per heavy atom. The predicted octanol–water partition coefficient (Wildman–Crippen LogP) is 2.40. The van der Waals surface area contributed by atoms with Gasteiger partial charge in [0.2, 0.25) is 0 Å². The van der Waals surface area contributed by atoms with Gasteiger partial charge in [0.25, 0.3) is 0 Å². The van der Waals surface area contributed by atoms with E-state index in [9.17, 15) is 0 Å². The fourth-order valence-electron chi connectivity index (χ4n) is 2.11. The zero-order valence-corrected chi connectivity index (χ0v) is 11.6. The maximum Gasteiger partial charge on any atom is 0.0907 e. The van der Waals surface area contributed by atoms with Gasteiger partial charge in [-0.2, -0.15) is 0 Å². The van der Waals surface area contributed by atoms with Gasteiger partial charge in [-0.25, -0.2) is 4.98 Å². The van der Waals surface area contributed by atoms with Gasteiger partial charge in [0.1, 0.15) is 0 Å². The van der Waals surface area contributed by atoms with E-state index in [0.29, 0.717) is 6.54 Å². The largest absolute Gasteiger partial charge is 0.397 e. The quantitative estimate of drug-likeness (QED) is 0.815. The van der Waals surface area contributed by atoms with Crippen LogP contribution in [0.4, 0.5) is 11.4 Å². The second-order valence-electron chi connectivity index (χ2n) is 4.32. The van der Waals surface area contributed by atoms with E-state index < -0.39 is 0 Å². The molecule has 2 aromatic rings. The lowest BCUT2D eigenvalue weighted by Crippen LogP contribution is -2.28. The molecule has 0 aliphatic heterocycles. The van der Waals surface area contributed by atoms with Crippen LogP contribution in [0.3, 0.4) is 0 Å². The molecule has 0 spiro atoms. The number of fused-ring (bicyclic) bond motifs is 1. The molecule has 98 valence electrons. The first-order chi connectivity index (χ1) is 8.65. The molecule has 0 atom stereocenters. The molecule has 5 heteroatoms. The summed E-state index contributed by atoms with van der Waals surface area (Å²) in [7, 11) is 0. The van der Waals surface area contributed by atoms with E-state index in [2.05, 4.69) is 16.8 Å². The average Bonchev–Trinajstić information content (AvgIpc) is 2.67. The SMILES string of the molecule is CCCN(CCO)c1cc2nc(C)sc2cc1N. The number of nitrogen functional groups attached to an aromatic ring is 1. The predicted molar refractivity (Wildman–Crippen MR) is 78.4 cm³/mol. The van der Waals surface area contributed by atoms with Gasteiger partial charge in [-0.1, -0.05) is 6.92 Å². The monoisotopic (exact) mass is 265 g/mol. The van der Waals surface area contributed by atoms with E-state index in [1.165, 1.54) is 0 Å². The Hall–Kier alpha value is -1.33. The summed E-state index contributed by atoms with van der Waals surface area (Å²) < 4.78 is 1.12. The highest BCUT2D eigenvalue weighted by atomic mass is 32.1. The van der Waals surface area contributed by atoms with Crippen molar-refractivity contribution >= 4 is 32.9 Å². The van der Waals surface area contributed by atoms with Crippen LogP contribution in [-0.2, 0) is 0 Å². The Bertz CT molecular complexity index is 532. The lowest BCUT2D eigenvalue weighted by molar-refractivity contribution is 0.302. The first-order valence-electron chi connectivity index (χ1n) is 6.18. The van der Waals surface area contributed by atoms with Crippen molar-refractivity contribution in [3.63, 3.8) is 0 Å². The fourth-order valence-corrected chi connectivity index (χ4v) is 2.97. The third-order valence-corrected chi connectivity index (χ3v) is 3.78. The summed E-state index contributed by atoms with van der Waals surface area (Å²) in [5.74, 6) is 0. The summed E-state index contributed by atoms with van der Waals surface area (Å²) in [6, 6.07) is 4.01. The third-order valence-electron chi connectivity index (χ3n) is 2.85. The van der Waals surface area contributed by atoms with Gasteiger partial charge >= 0.3 is 0 Å². The molecule has 3 N–H and O–H groups in total. The summed E-state index contributed by atoms with van der Waals surface area (Å²) in [5.41, 5.74) is 8.83. The van der Waals surface area contributed by atoms with E-state index >= 15 is 0 Å². The fraction of sp³-hybridized carbons (Fsp3) is 0.462. The number of rotatable bonds is 5. The van der Waals surface area contributed by atoms with Gasteiger partial charge in [0.05, 0.1) is 33.2 Å². The molecular weight excluding hydrogens is 246 g/mol. The molecule has 4 nitrogen and oxygen atoms in total. The van der Waals surface area contributed by atoms with Crippen molar-refractivity contribution in [3.05, 3.63) is 17.1 Å². The smallest absolute Gasteiger partial charge is 0.0907 e. The Balaban J connectivity index is 2.43. The van der Waals surface area contributed by atoms with Crippen molar-refractivity contribution < 1.29 is 5.11 Å². The average molecular weight is 265 g/mol. The molecule has 0 fully saturated rings. The first kappa shape index (κ1) is 13.1. The van der Waals surface area contributed by atoms with Gasteiger partial charge in [-0.05, 0) is 25.5 Å². The minimum absolute atomic E-state index is 0.133. The maximum atomic E-state index is 9.14. The highest BCUT2D eigenvalue weighted by molar-refractivity contribution is 7.18. The molecule has 2 rings (SSSR count). The number of anilines is 2. The van der Waals surface area contributed by atoms with Crippen LogP contribution in [0.15, 0.2) is 12.1 Å². The van der Waals surface area contributed by atoms with Crippen molar-refractivity contribution in [3.8, 4) is 0 Å². The van der Waals surface area contributed by atoms with Crippen LogP contribution in [0.5, 0.6) is 0 Å². The van der Waals surface area contributed by atoms with Crippen molar-refractivity contribution in [1.29, 1.82) is 0 Å². The van der Waals surface area contributed by atoms with Crippen LogP contribution in [-0.4, -0.2) is 29.8 Å². The molecule has 0 aliphatic rings. The maximum absolute atomic E-state index is 9.14. The molecule has 0 radical (unpaired) electrons. The minimum atomic E-state index is 0.133. The molecule has 0 bridgehead atoms. The zero-order valence-electron chi connectivity index (χ0n) is 10.8. The zero-order chi connectivity index (χ0) is 13.1. The van der Waals surface area contributed by atoms with Crippen LogP contribution >= 0.6 is 11.3 Å². The molecule has 18 heavy (non-hydrogen) atoms. The number of nitrogens with two attached hydrogens (primary N) is 1. The Morgan fingerprint density at radius 3 is 2.83 bits per heavy atom. The summed E-state index contributed by atoms with van der Waals surface area (Å²) >= 11 is 1.65. The molecule has 0 aliphatic carbocycles. The van der Waals surface area contributed by atoms with Crippen LogP contribution in [0.2, 0.25) is 0 Å². The topological polar surface area (TPSA) is 62.4 Å². The van der Waals surface area contributed by atoms with Crippen molar-refractivity contribution in [2.75, 3.05) is 30.3 Å². The van der Waals surface area contributed by atoms with E-state index in [1.54, 1.807) is 11.3 Å². The highest BCUT2D eigenvalue weighted by Crippen LogP contribution is 2.32. The van der Waals surface area contributed by atoms with Crippen LogP contribution in [0, 0.1) is 6.92 Å². The van der Waals surface area contributed by atoms with Crippen LogP contribution in [0.25, 0.3) is 10.2 Å². The second kappa shape index (κ2) is 5.54. The molecule has 1 aromatic heterocycles. The first-order valence-corrected chi connectivity index (χ1v) is 6.99. The lowest BCUT2D eigenvalue weighted by Gasteiger charge is -2.24. The summed E-state index contributed by atoms with van der Waals surface area (Å²) in [5, 5.41) is 10.2. The number of thiazole rings is 1.